The molecule has 0 aliphatic heterocycles. The average molecular weight is 409 g/mol. The summed E-state index contributed by atoms with van der Waals surface area (Å²) in [7, 11) is 7.22. The Bertz CT molecular complexity index is 983. The van der Waals surface area contributed by atoms with E-state index in [9.17, 15) is 4.79 Å². The van der Waals surface area contributed by atoms with Gasteiger partial charge in [-0.15, -0.1) is 0 Å². The Labute approximate surface area is 177 Å². The zero-order valence-electron chi connectivity index (χ0n) is 17.9. The molecule has 1 N–H and O–H groups in total. The maximum Gasteiger partial charge on any atom is 0.255 e. The molecule has 0 spiro atoms. The topological polar surface area (TPSA) is 68.6 Å². The number of benzene rings is 2. The Hall–Kier alpha value is -3.32. The molecule has 1 aromatic heterocycles. The summed E-state index contributed by atoms with van der Waals surface area (Å²) in [5, 5.41) is 7.72. The number of nitrogens with one attached hydrogen (secondary N) is 1. The van der Waals surface area contributed by atoms with Crippen LogP contribution in [0.4, 0.5) is 0 Å². The first-order valence-electron chi connectivity index (χ1n) is 9.84. The molecule has 0 unspecified atom stereocenters. The second-order valence-electron chi connectivity index (χ2n) is 7.15. The van der Waals surface area contributed by atoms with Gasteiger partial charge in [0.05, 0.1) is 25.5 Å². The van der Waals surface area contributed by atoms with Crippen LogP contribution in [0, 0.1) is 0 Å². The number of aromatic nitrogens is 2. The van der Waals surface area contributed by atoms with Crippen molar-refractivity contribution < 1.29 is 14.3 Å². The van der Waals surface area contributed by atoms with Crippen LogP contribution in [0.5, 0.6) is 11.5 Å². The minimum absolute atomic E-state index is 0.163. The van der Waals surface area contributed by atoms with E-state index in [0.717, 1.165) is 24.2 Å². The van der Waals surface area contributed by atoms with Gasteiger partial charge in [0.2, 0.25) is 0 Å². The standard InChI is InChI=1S/C23H28N4O3/c1-26(2)14-8-13-24-23(28)20-16-27(17-9-6-5-7-10-17)25-22(20)19-12-11-18(29-3)15-21(19)30-4/h5-7,9-12,15-16H,8,13-14H2,1-4H3,(H,24,28). The van der Waals surface area contributed by atoms with E-state index < -0.39 is 0 Å². The molecule has 3 rings (SSSR count). The first-order chi connectivity index (χ1) is 14.5. The largest absolute Gasteiger partial charge is 0.497 e. The lowest BCUT2D eigenvalue weighted by Crippen LogP contribution is -2.27. The maximum atomic E-state index is 13.0. The number of rotatable bonds is 9. The fourth-order valence-electron chi connectivity index (χ4n) is 3.14. The van der Waals surface area contributed by atoms with E-state index in [1.807, 2.05) is 56.6 Å². The fourth-order valence-corrected chi connectivity index (χ4v) is 3.14. The number of hydrogen-bond acceptors (Lipinski definition) is 5. The fraction of sp³-hybridized carbons (Fsp3) is 0.304. The minimum atomic E-state index is -0.163. The van der Waals surface area contributed by atoms with Crippen LogP contribution in [0.15, 0.2) is 54.7 Å². The van der Waals surface area contributed by atoms with E-state index >= 15 is 0 Å². The molecule has 0 aliphatic rings. The van der Waals surface area contributed by atoms with Gasteiger partial charge in [0, 0.05) is 24.4 Å². The first-order valence-corrected chi connectivity index (χ1v) is 9.84. The molecule has 7 nitrogen and oxygen atoms in total. The van der Waals surface area contributed by atoms with Gasteiger partial charge in [-0.3, -0.25) is 4.79 Å². The third kappa shape index (κ3) is 4.99. The van der Waals surface area contributed by atoms with Crippen LogP contribution in [0.3, 0.4) is 0 Å². The highest BCUT2D eigenvalue weighted by Gasteiger charge is 2.21. The quantitative estimate of drug-likeness (QED) is 0.551. The van der Waals surface area contributed by atoms with Gasteiger partial charge < -0.3 is 19.7 Å². The van der Waals surface area contributed by atoms with Gasteiger partial charge >= 0.3 is 0 Å². The molecule has 3 aromatic rings. The van der Waals surface area contributed by atoms with Crippen molar-refractivity contribution in [3.05, 3.63) is 60.3 Å². The third-order valence-electron chi connectivity index (χ3n) is 4.71. The molecule has 158 valence electrons. The van der Waals surface area contributed by atoms with E-state index in [2.05, 4.69) is 10.2 Å². The monoisotopic (exact) mass is 408 g/mol. The summed E-state index contributed by atoms with van der Waals surface area (Å²) in [5.74, 6) is 1.10. The predicted molar refractivity (Wildman–Crippen MR) is 118 cm³/mol. The van der Waals surface area contributed by atoms with Crippen LogP contribution in [-0.4, -0.2) is 62.0 Å². The van der Waals surface area contributed by atoms with Gasteiger partial charge in [-0.25, -0.2) is 4.68 Å². The van der Waals surface area contributed by atoms with Crippen molar-refractivity contribution in [1.82, 2.24) is 20.0 Å². The number of carbonyl (C=O) groups excluding carboxylic acids is 1. The van der Waals surface area contributed by atoms with Gasteiger partial charge in [0.25, 0.3) is 5.91 Å². The highest BCUT2D eigenvalue weighted by molar-refractivity contribution is 6.00. The van der Waals surface area contributed by atoms with Gasteiger partial charge in [0.1, 0.15) is 17.2 Å². The molecule has 7 heteroatoms. The number of methoxy groups -OCH3 is 2. The zero-order valence-corrected chi connectivity index (χ0v) is 17.9. The molecule has 0 saturated heterocycles. The molecule has 0 radical (unpaired) electrons. The normalized spacial score (nSPS) is 10.8. The summed E-state index contributed by atoms with van der Waals surface area (Å²) in [6.07, 6.45) is 2.63. The lowest BCUT2D eigenvalue weighted by Gasteiger charge is -2.11. The number of nitrogens with zero attached hydrogens (tertiary/aromatic N) is 3. The Morgan fingerprint density at radius 2 is 1.87 bits per heavy atom. The number of ether oxygens (including phenoxy) is 2. The Kier molecular flexibility index (Phi) is 7.08. The second-order valence-corrected chi connectivity index (χ2v) is 7.15. The van der Waals surface area contributed by atoms with E-state index in [0.29, 0.717) is 29.3 Å². The number of hydrogen-bond donors (Lipinski definition) is 1. The summed E-state index contributed by atoms with van der Waals surface area (Å²) >= 11 is 0. The predicted octanol–water partition coefficient (Wildman–Crippen LogP) is 3.24. The molecule has 0 saturated carbocycles. The van der Waals surface area contributed by atoms with Crippen LogP contribution in [0.2, 0.25) is 0 Å². The summed E-state index contributed by atoms with van der Waals surface area (Å²) < 4.78 is 12.6. The molecular formula is C23H28N4O3. The molecule has 0 bridgehead atoms. The van der Waals surface area contributed by atoms with Crippen molar-refractivity contribution in [2.45, 2.75) is 6.42 Å². The van der Waals surface area contributed by atoms with Crippen molar-refractivity contribution in [3.63, 3.8) is 0 Å². The number of carbonyl (C=O) groups is 1. The van der Waals surface area contributed by atoms with E-state index in [-0.39, 0.29) is 5.91 Å². The highest BCUT2D eigenvalue weighted by Crippen LogP contribution is 2.34. The molecule has 0 aliphatic carbocycles. The van der Waals surface area contributed by atoms with Crippen LogP contribution in [0.25, 0.3) is 16.9 Å². The van der Waals surface area contributed by atoms with Crippen LogP contribution < -0.4 is 14.8 Å². The SMILES string of the molecule is COc1ccc(-c2nn(-c3ccccc3)cc2C(=O)NCCCN(C)C)c(OC)c1. The van der Waals surface area contributed by atoms with Crippen molar-refractivity contribution in [2.75, 3.05) is 41.4 Å². The van der Waals surface area contributed by atoms with Gasteiger partial charge in [0.15, 0.2) is 0 Å². The van der Waals surface area contributed by atoms with Gasteiger partial charge in [-0.05, 0) is 51.3 Å². The summed E-state index contributed by atoms with van der Waals surface area (Å²) in [6.45, 7) is 1.50. The van der Waals surface area contributed by atoms with Crippen molar-refractivity contribution in [1.29, 1.82) is 0 Å². The average Bonchev–Trinajstić information content (AvgIpc) is 3.22. The minimum Gasteiger partial charge on any atom is -0.497 e. The maximum absolute atomic E-state index is 13.0. The second kappa shape index (κ2) is 9.93. The van der Waals surface area contributed by atoms with E-state index in [1.54, 1.807) is 31.2 Å². The van der Waals surface area contributed by atoms with Gasteiger partial charge in [-0.2, -0.15) is 5.10 Å². The molecule has 30 heavy (non-hydrogen) atoms. The molecular weight excluding hydrogens is 380 g/mol. The zero-order chi connectivity index (χ0) is 21.5. The molecule has 0 fully saturated rings. The van der Waals surface area contributed by atoms with Crippen molar-refractivity contribution in [3.8, 4) is 28.4 Å². The van der Waals surface area contributed by atoms with Crippen LogP contribution in [0.1, 0.15) is 16.8 Å². The molecule has 0 atom stereocenters. The lowest BCUT2D eigenvalue weighted by atomic mass is 10.1. The van der Waals surface area contributed by atoms with Gasteiger partial charge in [-0.1, -0.05) is 18.2 Å². The smallest absolute Gasteiger partial charge is 0.255 e. The summed E-state index contributed by atoms with van der Waals surface area (Å²) in [4.78, 5) is 15.1. The number of amides is 1. The first kappa shape index (κ1) is 21.4. The highest BCUT2D eigenvalue weighted by atomic mass is 16.5. The Morgan fingerprint density at radius 1 is 1.10 bits per heavy atom. The lowest BCUT2D eigenvalue weighted by molar-refractivity contribution is 0.0953. The van der Waals surface area contributed by atoms with E-state index in [1.165, 1.54) is 0 Å². The summed E-state index contributed by atoms with van der Waals surface area (Å²) in [5.41, 5.74) is 2.65. The van der Waals surface area contributed by atoms with E-state index in [4.69, 9.17) is 14.6 Å². The van der Waals surface area contributed by atoms with Crippen molar-refractivity contribution in [2.24, 2.45) is 0 Å². The Balaban J connectivity index is 1.98. The molecule has 1 amide bonds. The van der Waals surface area contributed by atoms with Crippen LogP contribution >= 0.6 is 0 Å². The summed E-state index contributed by atoms with van der Waals surface area (Å²) in [6, 6.07) is 15.2. The van der Waals surface area contributed by atoms with Crippen LogP contribution in [-0.2, 0) is 0 Å². The van der Waals surface area contributed by atoms with Crippen molar-refractivity contribution >= 4 is 5.91 Å². The molecule has 1 heterocycles. The number of para-hydroxylation sites is 1. The Morgan fingerprint density at radius 3 is 2.53 bits per heavy atom. The molecule has 2 aromatic carbocycles. The third-order valence-corrected chi connectivity index (χ3v) is 4.71.